The Balaban J connectivity index is 0.000000104. The number of nitriles is 5. The van der Waals surface area contributed by atoms with E-state index in [1.165, 1.54) is 11.3 Å². The average molecular weight is 1900 g/mol. The second-order valence-electron chi connectivity index (χ2n) is 31.0. The number of benzene rings is 9. The molecule has 0 atom stereocenters. The van der Waals surface area contributed by atoms with E-state index in [1.807, 2.05) is 255 Å². The van der Waals surface area contributed by atoms with E-state index >= 15 is 0 Å². The number of hydrogen-bond donors (Lipinski definition) is 8. The van der Waals surface area contributed by atoms with Crippen molar-refractivity contribution in [2.45, 2.75) is 0 Å². The van der Waals surface area contributed by atoms with E-state index in [4.69, 9.17) is 61.3 Å². The number of nitrogens with one attached hydrogen (secondary N) is 3. The van der Waals surface area contributed by atoms with Gasteiger partial charge >= 0.3 is 0 Å². The predicted molar refractivity (Wildman–Crippen MR) is 540 cm³/mol. The van der Waals surface area contributed by atoms with Crippen LogP contribution in [-0.2, 0) is 0 Å². The third-order valence-corrected chi connectivity index (χ3v) is 25.0. The number of para-hydroxylation sites is 5. The lowest BCUT2D eigenvalue weighted by Gasteiger charge is -2.10. The molecule has 0 bridgehead atoms. The number of aromatic amines is 3. The van der Waals surface area contributed by atoms with E-state index < -0.39 is 0 Å². The molecule has 13 N–H and O–H groups in total. The molecule has 0 spiro atoms. The number of nitrogens with zero attached hydrogens (tertiary/aromatic N) is 25. The van der Waals surface area contributed by atoms with Gasteiger partial charge in [-0.05, 0) is 151 Å². The number of rotatable bonds is 10. The number of imidazole rings is 1. The molecule has 16 aromatic heterocycles. The Labute approximate surface area is 806 Å². The van der Waals surface area contributed by atoms with Crippen LogP contribution in [0.5, 0.6) is 0 Å². The van der Waals surface area contributed by atoms with Crippen molar-refractivity contribution in [1.82, 2.24) is 115 Å². The lowest BCUT2D eigenvalue weighted by atomic mass is 10.1. The molecule has 0 aliphatic heterocycles. The number of halogens is 2. The summed E-state index contributed by atoms with van der Waals surface area (Å²) in [5.74, 6) is 1.21. The summed E-state index contributed by atoms with van der Waals surface area (Å²) in [5, 5.41) is 72.6. The van der Waals surface area contributed by atoms with Crippen LogP contribution in [0.25, 0.3) is 215 Å². The van der Waals surface area contributed by atoms with Crippen molar-refractivity contribution in [1.29, 1.82) is 26.3 Å². The summed E-state index contributed by atoms with van der Waals surface area (Å²) in [6.45, 7) is 0. The van der Waals surface area contributed by atoms with Gasteiger partial charge in [-0.15, -0.1) is 22.7 Å². The molecule has 0 amide bonds. The zero-order chi connectivity index (χ0) is 95.8. The van der Waals surface area contributed by atoms with Gasteiger partial charge in [0.05, 0.1) is 87.4 Å². The van der Waals surface area contributed by atoms with Gasteiger partial charge in [0.15, 0.2) is 74.7 Å². The molecule has 0 aliphatic rings. The number of nitrogens with two attached hydrogens (primary N) is 5. The van der Waals surface area contributed by atoms with Crippen molar-refractivity contribution < 1.29 is 4.42 Å². The molecule has 25 rings (SSSR count). The van der Waals surface area contributed by atoms with E-state index in [9.17, 15) is 26.3 Å². The van der Waals surface area contributed by atoms with E-state index in [0.717, 1.165) is 118 Å². The van der Waals surface area contributed by atoms with Crippen LogP contribution in [0.4, 0.5) is 29.1 Å². The summed E-state index contributed by atoms with van der Waals surface area (Å²) < 4.78 is 9.79. The maximum Gasteiger partial charge on any atom is 0.248 e. The molecule has 140 heavy (non-hydrogen) atoms. The number of anilines is 5. The maximum atomic E-state index is 9.39. The van der Waals surface area contributed by atoms with Crippen molar-refractivity contribution in [2.24, 2.45) is 0 Å². The molecule has 0 fully saturated rings. The van der Waals surface area contributed by atoms with Gasteiger partial charge in [-0.1, -0.05) is 120 Å². The molecule has 0 radical (unpaired) electrons. The highest BCUT2D eigenvalue weighted by molar-refractivity contribution is 7.22. The van der Waals surface area contributed by atoms with Crippen molar-refractivity contribution in [3.63, 3.8) is 0 Å². The molecule has 664 valence electrons. The van der Waals surface area contributed by atoms with Crippen LogP contribution in [0.1, 0.15) is 28.5 Å². The first kappa shape index (κ1) is 86.8. The Bertz CT molecular complexity index is 8650. The molecular weight excluding hydrogens is 1840 g/mol. The van der Waals surface area contributed by atoms with Crippen LogP contribution in [0.15, 0.2) is 284 Å². The summed E-state index contributed by atoms with van der Waals surface area (Å²) >= 11 is 15.9. The fraction of sp³-hybridized carbons (Fsp3) is 0. The molecule has 38 heteroatoms. The number of pyridine rings is 4. The predicted octanol–water partition coefficient (Wildman–Crippen LogP) is 20.5. The van der Waals surface area contributed by atoms with Gasteiger partial charge in [-0.2, -0.15) is 41.6 Å². The lowest BCUT2D eigenvalue weighted by molar-refractivity contribution is 0.616. The smallest absolute Gasteiger partial charge is 0.248 e. The maximum absolute atomic E-state index is 9.39. The molecule has 0 aliphatic carbocycles. The molecule has 0 unspecified atom stereocenters. The zero-order valence-electron chi connectivity index (χ0n) is 72.1. The number of fused-ring (bicyclic) bond motifs is 10. The van der Waals surface area contributed by atoms with Crippen LogP contribution in [0.3, 0.4) is 0 Å². The Morgan fingerprint density at radius 1 is 0.336 bits per heavy atom. The van der Waals surface area contributed by atoms with Gasteiger partial charge in [-0.3, -0.25) is 25.1 Å². The SMILES string of the molecule is N#Cc1nc(-c2cc(Cl)c3[nH]ncc3c2)c(-c2cc3ccccc3s2)nc1N.N#Cc1nc(-c2cc(Cl)c3[nH]ncc3c2)c(-c2cc3ccccn3n2)nc1N.N#Cc1nc(-c2ccc3ncccc3c2)c(-c2nc3ccccc3[nH]2)nc1N.N#Cc1nc(-c2ccc3ncccc3c2)c(-c2nc3ccccc3o2)nc1N.N#Cc1nc(-c2ccc3ncccc3c2)c(-c2nc3ccccc3s2)nc1N. The van der Waals surface area contributed by atoms with Crippen molar-refractivity contribution >= 4 is 177 Å². The average Bonchev–Trinajstić information content (AvgIpc) is 1.78. The van der Waals surface area contributed by atoms with Crippen molar-refractivity contribution in [2.75, 3.05) is 28.7 Å². The largest absolute Gasteiger partial charge is 0.435 e. The summed E-state index contributed by atoms with van der Waals surface area (Å²) in [6, 6.07) is 87.0. The molecule has 0 saturated heterocycles. The summed E-state index contributed by atoms with van der Waals surface area (Å²) in [4.78, 5) is 75.7. The van der Waals surface area contributed by atoms with Crippen molar-refractivity contribution in [3.05, 3.63) is 318 Å². The summed E-state index contributed by atoms with van der Waals surface area (Å²) in [6.07, 6.45) is 10.4. The van der Waals surface area contributed by atoms with E-state index in [-0.39, 0.29) is 57.6 Å². The first-order valence-electron chi connectivity index (χ1n) is 42.3. The van der Waals surface area contributed by atoms with Crippen LogP contribution in [-0.4, -0.2) is 115 Å². The van der Waals surface area contributed by atoms with Crippen LogP contribution < -0.4 is 28.7 Å². The lowest BCUT2D eigenvalue weighted by Crippen LogP contribution is -2.03. The normalized spacial score (nSPS) is 11.0. The highest BCUT2D eigenvalue weighted by Crippen LogP contribution is 2.44. The Morgan fingerprint density at radius 2 is 0.779 bits per heavy atom. The first-order chi connectivity index (χ1) is 68.4. The first-order valence-corrected chi connectivity index (χ1v) is 44.7. The minimum atomic E-state index is 0.0333. The standard InChI is InChI=1S/C21H13N7.C21H12N6O.C21H12N6S.C20H11ClN6S.C19H11ClN8/c22-11-17-20(23)28-19(21-26-15-5-1-2-6-16(15)27-21)18(25-17)13-7-8-14-12(10-13)4-3-9-24-14;2*22-11-16-20(23)27-19(21-26-15-5-1-2-6-17(15)28-21)18(25-16)13-7-8-14-12(10-13)4-3-9-24-14;21-13-6-11(5-12-9-24-27-17(12)13)18-19(26-20(23)14(8-22)25-18)16-7-10-3-1-2-4-15(10)28-16;20-13-6-10(5-11-9-23-26-16(11)13)17-18(25-19(22)15(8-21)24-17)14-7-12-3-1-2-4-28(12)27-14/h1-10H,(H2,23,28)(H,26,27);2*1-10H,(H2,23,27);1-7,9H,(H2,23,26)(H,24,27);1-7,9H,(H2,22,25)(H,23,26). The van der Waals surface area contributed by atoms with Gasteiger partial charge in [0, 0.05) is 84.2 Å². The van der Waals surface area contributed by atoms with Gasteiger partial charge in [0.2, 0.25) is 5.89 Å². The number of oxazole rings is 1. The third-order valence-electron chi connectivity index (χ3n) is 22.2. The summed E-state index contributed by atoms with van der Waals surface area (Å²) in [5.41, 5.74) is 48.7. The Morgan fingerprint density at radius 3 is 1.31 bits per heavy atom. The van der Waals surface area contributed by atoms with E-state index in [2.05, 4.69) is 117 Å². The highest BCUT2D eigenvalue weighted by Gasteiger charge is 2.27. The second kappa shape index (κ2) is 36.9. The van der Waals surface area contributed by atoms with Crippen LogP contribution in [0, 0.1) is 56.7 Å². The fourth-order valence-electron chi connectivity index (χ4n) is 15.6. The quantitative estimate of drug-likeness (QED) is 0.0630. The van der Waals surface area contributed by atoms with Gasteiger partial charge in [0.25, 0.3) is 0 Å². The summed E-state index contributed by atoms with van der Waals surface area (Å²) in [7, 11) is 0. The van der Waals surface area contributed by atoms with Gasteiger partial charge in [-0.25, -0.2) is 69.3 Å². The molecule has 9 aromatic carbocycles. The Hall–Kier alpha value is -19.9. The monoisotopic (exact) mass is 1900 g/mol. The van der Waals surface area contributed by atoms with Gasteiger partial charge < -0.3 is 38.1 Å². The minimum absolute atomic E-state index is 0.0333. The topological polar surface area (TPSA) is 559 Å². The second-order valence-corrected chi connectivity index (χ2v) is 33.9. The molecule has 0 saturated carbocycles. The molecule has 34 nitrogen and oxygen atoms in total. The number of nitrogen functional groups attached to an aromatic ring is 5. The van der Waals surface area contributed by atoms with Crippen molar-refractivity contribution in [3.8, 4) is 142 Å². The van der Waals surface area contributed by atoms with E-state index in [0.29, 0.717) is 106 Å². The minimum Gasteiger partial charge on any atom is -0.435 e. The highest BCUT2D eigenvalue weighted by atomic mass is 35.5. The van der Waals surface area contributed by atoms with Crippen LogP contribution >= 0.6 is 45.9 Å². The number of aromatic nitrogens is 23. The number of thiazole rings is 1. The molecule has 25 aromatic rings. The van der Waals surface area contributed by atoms with Crippen LogP contribution in [0.2, 0.25) is 10.0 Å². The number of thiophene rings is 1. The van der Waals surface area contributed by atoms with Gasteiger partial charge in [0.1, 0.15) is 92.1 Å². The third kappa shape index (κ3) is 16.9. The number of H-pyrrole nitrogens is 3. The number of hydrogen-bond acceptors (Lipinski definition) is 32. The fourth-order valence-corrected chi connectivity index (χ4v) is 18.2. The van der Waals surface area contributed by atoms with E-state index in [1.54, 1.807) is 59.0 Å². The Kier molecular flexibility index (Phi) is 22.9. The molecule has 16 heterocycles. The zero-order valence-corrected chi connectivity index (χ0v) is 75.3. The molecular formula is C102H59Cl2N33OS2.